The molecule has 2 heteroatoms. The highest BCUT2D eigenvalue weighted by Gasteiger charge is 2.11. The van der Waals surface area contributed by atoms with Crippen molar-refractivity contribution in [3.8, 4) is 0 Å². The molecular formula is C12H18FN. The highest BCUT2D eigenvalue weighted by molar-refractivity contribution is 5.29. The highest BCUT2D eigenvalue weighted by atomic mass is 19.1. The number of rotatable bonds is 5. The van der Waals surface area contributed by atoms with Crippen LogP contribution < -0.4 is 5.32 Å². The minimum absolute atomic E-state index is 0.390. The van der Waals surface area contributed by atoms with Crippen molar-refractivity contribution in [2.75, 3.05) is 13.6 Å². The topological polar surface area (TPSA) is 12.0 Å². The van der Waals surface area contributed by atoms with Crippen LogP contribution in [0.2, 0.25) is 0 Å². The zero-order chi connectivity index (χ0) is 10.4. The summed E-state index contributed by atoms with van der Waals surface area (Å²) in [5.41, 5.74) is 1.97. The van der Waals surface area contributed by atoms with Gasteiger partial charge in [0.2, 0.25) is 0 Å². The maximum absolute atomic E-state index is 13.7. The fourth-order valence-electron chi connectivity index (χ4n) is 1.63. The summed E-state index contributed by atoms with van der Waals surface area (Å²) in [4.78, 5) is 0. The number of alkyl halides is 1. The Morgan fingerprint density at radius 1 is 1.36 bits per heavy atom. The van der Waals surface area contributed by atoms with E-state index in [0.29, 0.717) is 6.54 Å². The van der Waals surface area contributed by atoms with Crippen molar-refractivity contribution in [2.24, 2.45) is 0 Å². The van der Waals surface area contributed by atoms with Crippen molar-refractivity contribution in [1.82, 2.24) is 5.32 Å². The van der Waals surface area contributed by atoms with Crippen molar-refractivity contribution in [2.45, 2.75) is 25.9 Å². The van der Waals surface area contributed by atoms with Gasteiger partial charge in [0.1, 0.15) is 6.17 Å². The fraction of sp³-hybridized carbons (Fsp3) is 0.500. The van der Waals surface area contributed by atoms with Crippen LogP contribution in [0.3, 0.4) is 0 Å². The van der Waals surface area contributed by atoms with Gasteiger partial charge in [0, 0.05) is 6.54 Å². The molecule has 0 bridgehead atoms. The van der Waals surface area contributed by atoms with Gasteiger partial charge in [0.25, 0.3) is 0 Å². The summed E-state index contributed by atoms with van der Waals surface area (Å²) >= 11 is 0. The molecule has 0 radical (unpaired) electrons. The Balaban J connectivity index is 2.82. The largest absolute Gasteiger partial charge is 0.317 e. The number of likely N-dealkylation sites (N-methyl/N-ethyl adjacent to an activating group) is 1. The van der Waals surface area contributed by atoms with Crippen LogP contribution in [0, 0.1) is 0 Å². The SMILES string of the molecule is CCCc1ccccc1C(F)CNC. The van der Waals surface area contributed by atoms with E-state index in [0.717, 1.165) is 24.0 Å². The maximum Gasteiger partial charge on any atom is 0.138 e. The molecule has 1 unspecified atom stereocenters. The van der Waals surface area contributed by atoms with Gasteiger partial charge < -0.3 is 5.32 Å². The van der Waals surface area contributed by atoms with E-state index in [1.165, 1.54) is 0 Å². The quantitative estimate of drug-likeness (QED) is 0.761. The molecule has 0 heterocycles. The van der Waals surface area contributed by atoms with Crippen LogP contribution in [0.5, 0.6) is 0 Å². The lowest BCUT2D eigenvalue weighted by Crippen LogP contribution is -2.15. The van der Waals surface area contributed by atoms with E-state index in [2.05, 4.69) is 12.2 Å². The zero-order valence-corrected chi connectivity index (χ0v) is 8.89. The standard InChI is InChI=1S/C12H18FN/c1-3-6-10-7-4-5-8-11(10)12(13)9-14-2/h4-5,7-8,12,14H,3,6,9H2,1-2H3. The number of halogens is 1. The minimum Gasteiger partial charge on any atom is -0.317 e. The number of aryl methyl sites for hydroxylation is 1. The first kappa shape index (κ1) is 11.2. The lowest BCUT2D eigenvalue weighted by molar-refractivity contribution is 0.333. The van der Waals surface area contributed by atoms with Crippen molar-refractivity contribution in [1.29, 1.82) is 0 Å². The highest BCUT2D eigenvalue weighted by Crippen LogP contribution is 2.21. The van der Waals surface area contributed by atoms with Crippen LogP contribution in [-0.2, 0) is 6.42 Å². The summed E-state index contributed by atoms with van der Waals surface area (Å²) < 4.78 is 13.7. The Bertz CT molecular complexity index is 273. The maximum atomic E-state index is 13.7. The lowest BCUT2D eigenvalue weighted by Gasteiger charge is -2.12. The average molecular weight is 195 g/mol. The molecule has 0 aliphatic heterocycles. The molecule has 1 rings (SSSR count). The molecular weight excluding hydrogens is 177 g/mol. The minimum atomic E-state index is -0.886. The van der Waals surface area contributed by atoms with E-state index in [-0.39, 0.29) is 0 Å². The molecule has 0 saturated heterocycles. The normalized spacial score (nSPS) is 12.8. The average Bonchev–Trinajstić information content (AvgIpc) is 2.19. The molecule has 0 aliphatic rings. The molecule has 1 aromatic carbocycles. The Morgan fingerprint density at radius 3 is 2.71 bits per heavy atom. The van der Waals surface area contributed by atoms with Crippen molar-refractivity contribution >= 4 is 0 Å². The second kappa shape index (κ2) is 5.76. The van der Waals surface area contributed by atoms with Gasteiger partial charge in [-0.3, -0.25) is 0 Å². The molecule has 1 atom stereocenters. The van der Waals surface area contributed by atoms with Gasteiger partial charge in [0.05, 0.1) is 0 Å². The number of nitrogens with one attached hydrogen (secondary N) is 1. The van der Waals surface area contributed by atoms with E-state index < -0.39 is 6.17 Å². The van der Waals surface area contributed by atoms with Crippen LogP contribution in [0.25, 0.3) is 0 Å². The molecule has 0 spiro atoms. The molecule has 1 aromatic rings. The van der Waals surface area contributed by atoms with Gasteiger partial charge >= 0.3 is 0 Å². The summed E-state index contributed by atoms with van der Waals surface area (Å²) in [5.74, 6) is 0. The van der Waals surface area contributed by atoms with Gasteiger partial charge in [0.15, 0.2) is 0 Å². The predicted molar refractivity (Wildman–Crippen MR) is 58.2 cm³/mol. The first-order valence-electron chi connectivity index (χ1n) is 5.16. The summed E-state index contributed by atoms with van der Waals surface area (Å²) in [7, 11) is 1.77. The lowest BCUT2D eigenvalue weighted by atomic mass is 10.00. The monoisotopic (exact) mass is 195 g/mol. The first-order valence-corrected chi connectivity index (χ1v) is 5.16. The summed E-state index contributed by atoms with van der Waals surface area (Å²) in [5, 5.41) is 2.86. The number of hydrogen-bond acceptors (Lipinski definition) is 1. The van der Waals surface area contributed by atoms with Crippen molar-refractivity contribution in [3.05, 3.63) is 35.4 Å². The Kier molecular flexibility index (Phi) is 4.60. The van der Waals surface area contributed by atoms with Crippen LogP contribution in [0.1, 0.15) is 30.6 Å². The Labute approximate surface area is 85.3 Å². The molecule has 0 aromatic heterocycles. The smallest absolute Gasteiger partial charge is 0.138 e. The third-order valence-electron chi connectivity index (χ3n) is 2.30. The molecule has 1 nitrogen and oxygen atoms in total. The van der Waals surface area contributed by atoms with Gasteiger partial charge in [-0.05, 0) is 24.6 Å². The molecule has 0 saturated carbocycles. The van der Waals surface area contributed by atoms with E-state index in [1.54, 1.807) is 7.05 Å². The van der Waals surface area contributed by atoms with Gasteiger partial charge in [-0.25, -0.2) is 4.39 Å². The number of hydrogen-bond donors (Lipinski definition) is 1. The van der Waals surface area contributed by atoms with E-state index in [9.17, 15) is 4.39 Å². The summed E-state index contributed by atoms with van der Waals surface area (Å²) in [6, 6.07) is 7.77. The molecule has 1 N–H and O–H groups in total. The Hall–Kier alpha value is -0.890. The van der Waals surface area contributed by atoms with Gasteiger partial charge in [-0.2, -0.15) is 0 Å². The van der Waals surface area contributed by atoms with Gasteiger partial charge in [-0.15, -0.1) is 0 Å². The van der Waals surface area contributed by atoms with E-state index in [4.69, 9.17) is 0 Å². The molecule has 14 heavy (non-hydrogen) atoms. The summed E-state index contributed by atoms with van der Waals surface area (Å²) in [6.07, 6.45) is 1.13. The molecule has 78 valence electrons. The van der Waals surface area contributed by atoms with E-state index in [1.807, 2.05) is 24.3 Å². The van der Waals surface area contributed by atoms with Crippen molar-refractivity contribution < 1.29 is 4.39 Å². The first-order chi connectivity index (χ1) is 6.79. The van der Waals surface area contributed by atoms with Crippen LogP contribution in [0.15, 0.2) is 24.3 Å². The third kappa shape index (κ3) is 2.81. The second-order valence-corrected chi connectivity index (χ2v) is 3.47. The number of benzene rings is 1. The molecule has 0 amide bonds. The molecule has 0 fully saturated rings. The van der Waals surface area contributed by atoms with Crippen LogP contribution in [-0.4, -0.2) is 13.6 Å². The fourth-order valence-corrected chi connectivity index (χ4v) is 1.63. The van der Waals surface area contributed by atoms with Crippen molar-refractivity contribution in [3.63, 3.8) is 0 Å². The van der Waals surface area contributed by atoms with Crippen LogP contribution >= 0.6 is 0 Å². The Morgan fingerprint density at radius 2 is 2.07 bits per heavy atom. The van der Waals surface area contributed by atoms with Crippen LogP contribution in [0.4, 0.5) is 4.39 Å². The summed E-state index contributed by atoms with van der Waals surface area (Å²) in [6.45, 7) is 2.50. The zero-order valence-electron chi connectivity index (χ0n) is 8.89. The second-order valence-electron chi connectivity index (χ2n) is 3.47. The van der Waals surface area contributed by atoms with Gasteiger partial charge in [-0.1, -0.05) is 37.6 Å². The third-order valence-corrected chi connectivity index (χ3v) is 2.30. The predicted octanol–water partition coefficient (Wildman–Crippen LogP) is 2.87. The van der Waals surface area contributed by atoms with E-state index >= 15 is 0 Å². The molecule has 0 aliphatic carbocycles.